The maximum Gasteiger partial charge on any atom is 0.273 e. The maximum atomic E-state index is 13.1. The summed E-state index contributed by atoms with van der Waals surface area (Å²) >= 11 is 0. The Hall–Kier alpha value is -2.59. The minimum Gasteiger partial charge on any atom is -0.491 e. The number of halogens is 2. The van der Waals surface area contributed by atoms with Gasteiger partial charge in [0.1, 0.15) is 18.5 Å². The fourth-order valence-corrected chi connectivity index (χ4v) is 2.75. The van der Waals surface area contributed by atoms with E-state index in [4.69, 9.17) is 4.74 Å². The molecular weight excluding hydrogens is 360 g/mol. The van der Waals surface area contributed by atoms with Crippen molar-refractivity contribution in [1.29, 1.82) is 0 Å². The van der Waals surface area contributed by atoms with E-state index in [1.54, 1.807) is 10.9 Å². The van der Waals surface area contributed by atoms with E-state index in [0.29, 0.717) is 0 Å². The van der Waals surface area contributed by atoms with Gasteiger partial charge in [-0.25, -0.2) is 13.5 Å². The lowest BCUT2D eigenvalue weighted by Crippen LogP contribution is -2.35. The van der Waals surface area contributed by atoms with Crippen molar-refractivity contribution in [2.24, 2.45) is 0 Å². The summed E-state index contributed by atoms with van der Waals surface area (Å²) in [5, 5.41) is 23.6. The summed E-state index contributed by atoms with van der Waals surface area (Å²) in [7, 11) is 0. The van der Waals surface area contributed by atoms with Crippen LogP contribution in [-0.2, 0) is 0 Å². The van der Waals surface area contributed by atoms with E-state index in [1.165, 1.54) is 6.07 Å². The van der Waals surface area contributed by atoms with Gasteiger partial charge in [0, 0.05) is 12.6 Å². The zero-order chi connectivity index (χ0) is 19.2. The Bertz CT molecular complexity index is 780. The largest absolute Gasteiger partial charge is 0.491 e. The van der Waals surface area contributed by atoms with Crippen LogP contribution in [0.5, 0.6) is 5.75 Å². The summed E-state index contributed by atoms with van der Waals surface area (Å²) in [5.74, 6) is -2.38. The first kappa shape index (κ1) is 19.2. The topological polar surface area (TPSA) is 101 Å². The molecule has 1 saturated heterocycles. The van der Waals surface area contributed by atoms with Crippen molar-refractivity contribution in [3.63, 3.8) is 0 Å². The second-order valence-electron chi connectivity index (χ2n) is 6.32. The Morgan fingerprint density at radius 3 is 2.89 bits per heavy atom. The lowest BCUT2D eigenvalue weighted by Gasteiger charge is -2.22. The highest BCUT2D eigenvalue weighted by Crippen LogP contribution is 2.17. The summed E-state index contributed by atoms with van der Waals surface area (Å²) < 4.78 is 32.8. The van der Waals surface area contributed by atoms with Gasteiger partial charge in [-0.15, -0.1) is 5.10 Å². The van der Waals surface area contributed by atoms with Crippen LogP contribution in [0.25, 0.3) is 0 Å². The molecule has 8 nitrogen and oxygen atoms in total. The second kappa shape index (κ2) is 8.87. The molecule has 1 aromatic carbocycles. The standard InChI is InChI=1S/C17H21F2N5O3/c18-14-2-1-13(7-15(14)19)27-10-12(25)8-21-17(26)16-9-24(23-22-16)11-3-5-20-6-4-11/h1-2,7,9,11-12,20,25H,3-6,8,10H2,(H,21,26). The first-order chi connectivity index (χ1) is 13.0. The smallest absolute Gasteiger partial charge is 0.273 e. The number of nitrogens with one attached hydrogen (secondary N) is 2. The van der Waals surface area contributed by atoms with Gasteiger partial charge >= 0.3 is 0 Å². The normalized spacial score (nSPS) is 16.1. The van der Waals surface area contributed by atoms with Crippen LogP contribution in [0.3, 0.4) is 0 Å². The number of benzene rings is 1. The minimum atomic E-state index is -1.04. The Morgan fingerprint density at radius 1 is 1.37 bits per heavy atom. The van der Waals surface area contributed by atoms with Gasteiger partial charge in [-0.3, -0.25) is 4.79 Å². The molecule has 1 unspecified atom stereocenters. The molecule has 2 aromatic rings. The van der Waals surface area contributed by atoms with Crippen LogP contribution in [0.4, 0.5) is 8.78 Å². The lowest BCUT2D eigenvalue weighted by molar-refractivity contribution is 0.0839. The van der Waals surface area contributed by atoms with Crippen molar-refractivity contribution in [2.75, 3.05) is 26.2 Å². The van der Waals surface area contributed by atoms with Gasteiger partial charge in [0.15, 0.2) is 17.3 Å². The number of hydrogen-bond donors (Lipinski definition) is 3. The van der Waals surface area contributed by atoms with Crippen molar-refractivity contribution >= 4 is 5.91 Å². The van der Waals surface area contributed by atoms with E-state index in [9.17, 15) is 18.7 Å². The zero-order valence-corrected chi connectivity index (χ0v) is 14.6. The minimum absolute atomic E-state index is 0.0806. The Kier molecular flexibility index (Phi) is 6.30. The van der Waals surface area contributed by atoms with Crippen molar-refractivity contribution in [3.05, 3.63) is 41.7 Å². The molecule has 0 radical (unpaired) electrons. The summed E-state index contributed by atoms with van der Waals surface area (Å²) in [4.78, 5) is 12.1. The van der Waals surface area contributed by atoms with Crippen LogP contribution in [0.15, 0.2) is 24.4 Å². The van der Waals surface area contributed by atoms with E-state index >= 15 is 0 Å². The number of aromatic nitrogens is 3. The second-order valence-corrected chi connectivity index (χ2v) is 6.32. The number of aliphatic hydroxyl groups is 1. The number of amides is 1. The van der Waals surface area contributed by atoms with Crippen LogP contribution >= 0.6 is 0 Å². The molecule has 1 amide bonds. The fourth-order valence-electron chi connectivity index (χ4n) is 2.75. The average Bonchev–Trinajstić information content (AvgIpc) is 3.18. The van der Waals surface area contributed by atoms with E-state index in [0.717, 1.165) is 38.1 Å². The van der Waals surface area contributed by atoms with E-state index in [2.05, 4.69) is 20.9 Å². The van der Waals surface area contributed by atoms with E-state index < -0.39 is 23.6 Å². The quantitative estimate of drug-likeness (QED) is 0.651. The third-order valence-electron chi connectivity index (χ3n) is 4.26. The van der Waals surface area contributed by atoms with Crippen LogP contribution in [-0.4, -0.2) is 58.4 Å². The van der Waals surface area contributed by atoms with Crippen LogP contribution in [0.1, 0.15) is 29.4 Å². The molecule has 0 aliphatic carbocycles. The summed E-state index contributed by atoms with van der Waals surface area (Å²) in [6.07, 6.45) is 2.41. The Labute approximate surface area is 154 Å². The number of ether oxygens (including phenoxy) is 1. The molecule has 1 aromatic heterocycles. The van der Waals surface area contributed by atoms with E-state index in [-0.39, 0.29) is 30.6 Å². The third kappa shape index (κ3) is 5.20. The zero-order valence-electron chi connectivity index (χ0n) is 14.6. The number of rotatable bonds is 7. The summed E-state index contributed by atoms with van der Waals surface area (Å²) in [6, 6.07) is 3.29. The molecule has 0 bridgehead atoms. The first-order valence-electron chi connectivity index (χ1n) is 8.69. The SMILES string of the molecule is O=C(NCC(O)COc1ccc(F)c(F)c1)c1cn(C2CCNCC2)nn1. The average molecular weight is 381 g/mol. The van der Waals surface area contributed by atoms with Gasteiger partial charge in [-0.2, -0.15) is 0 Å². The fraction of sp³-hybridized carbons (Fsp3) is 0.471. The number of piperidine rings is 1. The number of hydrogen-bond acceptors (Lipinski definition) is 6. The van der Waals surface area contributed by atoms with Gasteiger partial charge in [-0.05, 0) is 38.1 Å². The van der Waals surface area contributed by atoms with Gasteiger partial charge in [0.25, 0.3) is 5.91 Å². The van der Waals surface area contributed by atoms with Gasteiger partial charge in [0.2, 0.25) is 0 Å². The van der Waals surface area contributed by atoms with E-state index in [1.807, 2.05) is 0 Å². The molecule has 0 saturated carbocycles. The molecule has 1 aliphatic rings. The predicted octanol–water partition coefficient (Wildman–Crippen LogP) is 0.650. The highest BCUT2D eigenvalue weighted by molar-refractivity contribution is 5.91. The summed E-state index contributed by atoms with van der Waals surface area (Å²) in [6.45, 7) is 1.53. The molecule has 146 valence electrons. The molecule has 3 rings (SSSR count). The van der Waals surface area contributed by atoms with Crippen molar-refractivity contribution in [2.45, 2.75) is 25.0 Å². The maximum absolute atomic E-state index is 13.1. The van der Waals surface area contributed by atoms with Crippen LogP contribution < -0.4 is 15.4 Å². The molecule has 1 atom stereocenters. The highest BCUT2D eigenvalue weighted by Gasteiger charge is 2.19. The third-order valence-corrected chi connectivity index (χ3v) is 4.26. The Balaban J connectivity index is 1.44. The number of nitrogens with zero attached hydrogens (tertiary/aromatic N) is 3. The molecule has 0 spiro atoms. The lowest BCUT2D eigenvalue weighted by atomic mass is 10.1. The first-order valence-corrected chi connectivity index (χ1v) is 8.69. The van der Waals surface area contributed by atoms with Gasteiger partial charge in [0.05, 0.1) is 12.2 Å². The molecule has 1 fully saturated rings. The van der Waals surface area contributed by atoms with Crippen molar-refractivity contribution in [1.82, 2.24) is 25.6 Å². The molecule has 10 heteroatoms. The van der Waals surface area contributed by atoms with Crippen LogP contribution in [0, 0.1) is 11.6 Å². The number of aliphatic hydroxyl groups excluding tert-OH is 1. The summed E-state index contributed by atoms with van der Waals surface area (Å²) in [5.41, 5.74) is 0.169. The molecule has 1 aliphatic heterocycles. The monoisotopic (exact) mass is 381 g/mol. The Morgan fingerprint density at radius 2 is 2.15 bits per heavy atom. The van der Waals surface area contributed by atoms with Gasteiger partial charge in [-0.1, -0.05) is 5.21 Å². The molecular formula is C17H21F2N5O3. The van der Waals surface area contributed by atoms with Gasteiger partial charge < -0.3 is 20.5 Å². The van der Waals surface area contributed by atoms with Crippen LogP contribution in [0.2, 0.25) is 0 Å². The van der Waals surface area contributed by atoms with Crippen molar-refractivity contribution in [3.8, 4) is 5.75 Å². The number of carbonyl (C=O) groups excluding carboxylic acids is 1. The number of carbonyl (C=O) groups is 1. The predicted molar refractivity (Wildman–Crippen MR) is 91.4 cm³/mol. The molecule has 2 heterocycles. The van der Waals surface area contributed by atoms with Crippen molar-refractivity contribution < 1.29 is 23.4 Å². The molecule has 27 heavy (non-hydrogen) atoms. The molecule has 3 N–H and O–H groups in total. The highest BCUT2D eigenvalue weighted by atomic mass is 19.2.